The van der Waals surface area contributed by atoms with Gasteiger partial charge in [0.15, 0.2) is 0 Å². The fourth-order valence-electron chi connectivity index (χ4n) is 2.18. The van der Waals surface area contributed by atoms with Crippen LogP contribution in [0.2, 0.25) is 0 Å². The van der Waals surface area contributed by atoms with E-state index < -0.39 is 0 Å². The van der Waals surface area contributed by atoms with E-state index in [9.17, 15) is 5.11 Å². The topological polar surface area (TPSA) is 62.4 Å². The Balaban J connectivity index is 1.77. The maximum Gasteiger partial charge on any atom is 0.257 e. The first kappa shape index (κ1) is 11.8. The third-order valence-corrected chi connectivity index (χ3v) is 4.13. The van der Waals surface area contributed by atoms with Crippen LogP contribution in [0.3, 0.4) is 0 Å². The third-order valence-electron chi connectivity index (χ3n) is 3.27. The first-order chi connectivity index (χ1) is 8.74. The van der Waals surface area contributed by atoms with Crippen LogP contribution >= 0.6 is 11.3 Å². The molecule has 1 saturated heterocycles. The van der Waals surface area contributed by atoms with Crippen molar-refractivity contribution in [3.05, 3.63) is 23.4 Å². The molecule has 2 aromatic rings. The van der Waals surface area contributed by atoms with Crippen molar-refractivity contribution in [1.82, 2.24) is 15.1 Å². The smallest absolute Gasteiger partial charge is 0.257 e. The average Bonchev–Trinajstić information content (AvgIpc) is 3.09. The zero-order chi connectivity index (χ0) is 12.5. The number of rotatable bonds is 3. The normalized spacial score (nSPS) is 22.4. The summed E-state index contributed by atoms with van der Waals surface area (Å²) in [7, 11) is 0. The second kappa shape index (κ2) is 4.79. The molecule has 0 saturated carbocycles. The SMILES string of the molecule is CC(c1nnc(-c2cccs2)o1)N1CCC(O)C1. The summed E-state index contributed by atoms with van der Waals surface area (Å²) in [6.45, 7) is 3.58. The monoisotopic (exact) mass is 265 g/mol. The molecule has 0 aromatic carbocycles. The van der Waals surface area contributed by atoms with Gasteiger partial charge >= 0.3 is 0 Å². The predicted molar refractivity (Wildman–Crippen MR) is 68.2 cm³/mol. The minimum Gasteiger partial charge on any atom is -0.418 e. The Morgan fingerprint density at radius 2 is 2.44 bits per heavy atom. The highest BCUT2D eigenvalue weighted by atomic mass is 32.1. The molecule has 2 atom stereocenters. The van der Waals surface area contributed by atoms with Crippen LogP contribution in [-0.4, -0.2) is 39.4 Å². The zero-order valence-corrected chi connectivity index (χ0v) is 10.9. The van der Waals surface area contributed by atoms with E-state index in [0.29, 0.717) is 18.3 Å². The van der Waals surface area contributed by atoms with Crippen molar-refractivity contribution in [3.8, 4) is 10.8 Å². The number of aliphatic hydroxyl groups excluding tert-OH is 1. The van der Waals surface area contributed by atoms with Crippen molar-refractivity contribution >= 4 is 11.3 Å². The molecule has 2 unspecified atom stereocenters. The van der Waals surface area contributed by atoms with Crippen molar-refractivity contribution in [3.63, 3.8) is 0 Å². The van der Waals surface area contributed by atoms with Crippen LogP contribution in [0.1, 0.15) is 25.3 Å². The second-order valence-corrected chi connectivity index (χ2v) is 5.48. The molecule has 0 bridgehead atoms. The average molecular weight is 265 g/mol. The number of likely N-dealkylation sites (tertiary alicyclic amines) is 1. The zero-order valence-electron chi connectivity index (χ0n) is 10.1. The number of hydrogen-bond donors (Lipinski definition) is 1. The Labute approximate surface area is 109 Å². The third kappa shape index (κ3) is 2.19. The lowest BCUT2D eigenvalue weighted by molar-refractivity contribution is 0.155. The quantitative estimate of drug-likeness (QED) is 0.918. The summed E-state index contributed by atoms with van der Waals surface area (Å²) in [6, 6.07) is 3.99. The lowest BCUT2D eigenvalue weighted by Crippen LogP contribution is -2.25. The van der Waals surface area contributed by atoms with Gasteiger partial charge in [-0.3, -0.25) is 4.90 Å². The Kier molecular flexibility index (Phi) is 3.15. The Hall–Kier alpha value is -1.24. The molecule has 0 radical (unpaired) electrons. The highest BCUT2D eigenvalue weighted by molar-refractivity contribution is 7.13. The first-order valence-electron chi connectivity index (χ1n) is 6.03. The number of β-amino-alcohol motifs (C(OH)–C–C–N with tert-alkyl or cyclic N) is 1. The molecule has 3 rings (SSSR count). The number of thiophene rings is 1. The van der Waals surface area contributed by atoms with Crippen LogP contribution in [0.25, 0.3) is 10.8 Å². The molecule has 3 heterocycles. The fourth-order valence-corrected chi connectivity index (χ4v) is 2.82. The summed E-state index contributed by atoms with van der Waals surface area (Å²) < 4.78 is 5.70. The molecule has 18 heavy (non-hydrogen) atoms. The van der Waals surface area contributed by atoms with Gasteiger partial charge in [-0.25, -0.2) is 0 Å². The van der Waals surface area contributed by atoms with Gasteiger partial charge in [0.2, 0.25) is 5.89 Å². The molecular formula is C12H15N3O2S. The van der Waals surface area contributed by atoms with Crippen LogP contribution in [-0.2, 0) is 0 Å². The molecule has 5 nitrogen and oxygen atoms in total. The van der Waals surface area contributed by atoms with Gasteiger partial charge in [-0.05, 0) is 24.8 Å². The molecule has 96 valence electrons. The summed E-state index contributed by atoms with van der Waals surface area (Å²) >= 11 is 1.58. The summed E-state index contributed by atoms with van der Waals surface area (Å²) in [5.41, 5.74) is 0. The van der Waals surface area contributed by atoms with Crippen LogP contribution in [0, 0.1) is 0 Å². The van der Waals surface area contributed by atoms with Crippen LogP contribution in [0.15, 0.2) is 21.9 Å². The van der Waals surface area contributed by atoms with E-state index in [1.54, 1.807) is 11.3 Å². The van der Waals surface area contributed by atoms with Gasteiger partial charge in [0.25, 0.3) is 5.89 Å². The van der Waals surface area contributed by atoms with Gasteiger partial charge < -0.3 is 9.52 Å². The summed E-state index contributed by atoms with van der Waals surface area (Å²) in [5.74, 6) is 1.19. The first-order valence-corrected chi connectivity index (χ1v) is 6.91. The molecule has 0 aliphatic carbocycles. The van der Waals surface area contributed by atoms with Crippen molar-refractivity contribution in [2.24, 2.45) is 0 Å². The Morgan fingerprint density at radius 1 is 1.56 bits per heavy atom. The lowest BCUT2D eigenvalue weighted by atomic mass is 10.3. The fraction of sp³-hybridized carbons (Fsp3) is 0.500. The number of aliphatic hydroxyl groups is 1. The van der Waals surface area contributed by atoms with E-state index in [2.05, 4.69) is 15.1 Å². The molecule has 2 aromatic heterocycles. The molecule has 1 N–H and O–H groups in total. The van der Waals surface area contributed by atoms with Crippen molar-refractivity contribution in [2.45, 2.75) is 25.5 Å². The molecular weight excluding hydrogens is 250 g/mol. The van der Waals surface area contributed by atoms with E-state index in [1.807, 2.05) is 24.4 Å². The molecule has 1 aliphatic heterocycles. The van der Waals surface area contributed by atoms with E-state index >= 15 is 0 Å². The molecule has 0 spiro atoms. The lowest BCUT2D eigenvalue weighted by Gasteiger charge is -2.20. The van der Waals surface area contributed by atoms with E-state index in [1.165, 1.54) is 0 Å². The van der Waals surface area contributed by atoms with E-state index in [-0.39, 0.29) is 12.1 Å². The standard InChI is InChI=1S/C12H15N3O2S/c1-8(15-5-4-9(16)7-15)11-13-14-12(17-11)10-3-2-6-18-10/h2-3,6,8-9,16H,4-5,7H2,1H3. The maximum atomic E-state index is 9.54. The minimum atomic E-state index is -0.230. The van der Waals surface area contributed by atoms with Crippen LogP contribution < -0.4 is 0 Å². The second-order valence-electron chi connectivity index (χ2n) is 4.54. The molecule has 0 amide bonds. The van der Waals surface area contributed by atoms with Gasteiger partial charge in [-0.1, -0.05) is 6.07 Å². The largest absolute Gasteiger partial charge is 0.418 e. The minimum absolute atomic E-state index is 0.0587. The van der Waals surface area contributed by atoms with Crippen molar-refractivity contribution < 1.29 is 9.52 Å². The summed E-state index contributed by atoms with van der Waals surface area (Å²) in [4.78, 5) is 3.15. The van der Waals surface area contributed by atoms with Crippen molar-refractivity contribution in [1.29, 1.82) is 0 Å². The summed E-state index contributed by atoms with van der Waals surface area (Å²) in [6.07, 6.45) is 0.586. The van der Waals surface area contributed by atoms with Gasteiger partial charge in [0.05, 0.1) is 17.0 Å². The highest BCUT2D eigenvalue weighted by Gasteiger charge is 2.28. The number of hydrogen-bond acceptors (Lipinski definition) is 6. The highest BCUT2D eigenvalue weighted by Crippen LogP contribution is 2.28. The molecule has 1 aliphatic rings. The Bertz CT molecular complexity index is 511. The van der Waals surface area contributed by atoms with Gasteiger partial charge in [-0.15, -0.1) is 21.5 Å². The Morgan fingerprint density at radius 3 is 3.11 bits per heavy atom. The van der Waals surface area contributed by atoms with Crippen LogP contribution in [0.4, 0.5) is 0 Å². The predicted octanol–water partition coefficient (Wildman–Crippen LogP) is 1.93. The number of nitrogens with zero attached hydrogens (tertiary/aromatic N) is 3. The van der Waals surface area contributed by atoms with Gasteiger partial charge in [0.1, 0.15) is 0 Å². The van der Waals surface area contributed by atoms with E-state index in [4.69, 9.17) is 4.42 Å². The van der Waals surface area contributed by atoms with Gasteiger partial charge in [-0.2, -0.15) is 0 Å². The van der Waals surface area contributed by atoms with Crippen molar-refractivity contribution in [2.75, 3.05) is 13.1 Å². The van der Waals surface area contributed by atoms with Crippen LogP contribution in [0.5, 0.6) is 0 Å². The maximum absolute atomic E-state index is 9.54. The molecule has 1 fully saturated rings. The van der Waals surface area contributed by atoms with E-state index in [0.717, 1.165) is 17.8 Å². The summed E-state index contributed by atoms with van der Waals surface area (Å²) in [5, 5.41) is 19.7. The number of aromatic nitrogens is 2. The molecule has 6 heteroatoms. The van der Waals surface area contributed by atoms with Gasteiger partial charge in [0, 0.05) is 13.1 Å².